The first-order chi connectivity index (χ1) is 9.78. The van der Waals surface area contributed by atoms with E-state index in [4.69, 9.17) is 9.39 Å². The summed E-state index contributed by atoms with van der Waals surface area (Å²) in [5, 5.41) is 13.4. The number of ether oxygens (including phenoxy) is 1. The van der Waals surface area contributed by atoms with Gasteiger partial charge in [-0.2, -0.15) is 0 Å². The van der Waals surface area contributed by atoms with Crippen LogP contribution < -0.4 is 15.5 Å². The first kappa shape index (κ1) is 16.3. The number of benzene rings is 1. The van der Waals surface area contributed by atoms with E-state index in [0.717, 1.165) is 30.7 Å². The van der Waals surface area contributed by atoms with Gasteiger partial charge in [0, 0.05) is 6.54 Å². The maximum atomic E-state index is 10.1. The van der Waals surface area contributed by atoms with Gasteiger partial charge in [-0.05, 0) is 52.8 Å². The van der Waals surface area contributed by atoms with Crippen molar-refractivity contribution in [1.29, 1.82) is 0 Å². The van der Waals surface area contributed by atoms with Gasteiger partial charge in [0.2, 0.25) is 0 Å². The van der Waals surface area contributed by atoms with Crippen molar-refractivity contribution in [3.8, 4) is 5.75 Å². The van der Waals surface area contributed by atoms with Gasteiger partial charge in [-0.25, -0.2) is 0 Å². The first-order valence-electron chi connectivity index (χ1n) is 7.60. The molecule has 5 heteroatoms. The van der Waals surface area contributed by atoms with Crippen LogP contribution >= 0.6 is 0 Å². The summed E-state index contributed by atoms with van der Waals surface area (Å²) in [6.07, 6.45) is 1.34. The predicted octanol–water partition coefficient (Wildman–Crippen LogP) is 0.970. The SMILES string of the molecule is CC(C)(O)C(C)(C)OBc1ccc(OC2CCNC2)cc1. The molecular formula is C16H26BNO3. The van der Waals surface area contributed by atoms with Gasteiger partial charge in [-0.15, -0.1) is 0 Å². The Morgan fingerprint density at radius 1 is 1.19 bits per heavy atom. The summed E-state index contributed by atoms with van der Waals surface area (Å²) in [4.78, 5) is 0. The van der Waals surface area contributed by atoms with Crippen LogP contribution in [-0.4, -0.2) is 43.0 Å². The normalized spacial score (nSPS) is 19.6. The van der Waals surface area contributed by atoms with Gasteiger partial charge in [0.25, 0.3) is 0 Å². The molecule has 0 radical (unpaired) electrons. The lowest BCUT2D eigenvalue weighted by Gasteiger charge is -2.37. The fourth-order valence-electron chi connectivity index (χ4n) is 2.03. The molecule has 1 atom stereocenters. The van der Waals surface area contributed by atoms with Gasteiger partial charge in [-0.3, -0.25) is 0 Å². The molecule has 1 aliphatic heterocycles. The highest BCUT2D eigenvalue weighted by Gasteiger charge is 2.35. The average molecular weight is 291 g/mol. The molecule has 0 aromatic heterocycles. The highest BCUT2D eigenvalue weighted by molar-refractivity contribution is 6.47. The van der Waals surface area contributed by atoms with Crippen LogP contribution in [0.15, 0.2) is 24.3 Å². The molecule has 1 heterocycles. The van der Waals surface area contributed by atoms with Crippen molar-refractivity contribution < 1.29 is 14.5 Å². The van der Waals surface area contributed by atoms with E-state index in [1.807, 2.05) is 38.1 Å². The second-order valence-electron chi connectivity index (χ2n) is 6.73. The molecule has 1 unspecified atom stereocenters. The van der Waals surface area contributed by atoms with Crippen LogP contribution in [-0.2, 0) is 4.65 Å². The van der Waals surface area contributed by atoms with Crippen molar-refractivity contribution in [2.24, 2.45) is 0 Å². The zero-order valence-electron chi connectivity index (χ0n) is 13.5. The highest BCUT2D eigenvalue weighted by Crippen LogP contribution is 2.24. The van der Waals surface area contributed by atoms with E-state index >= 15 is 0 Å². The van der Waals surface area contributed by atoms with Crippen molar-refractivity contribution in [3.63, 3.8) is 0 Å². The van der Waals surface area contributed by atoms with E-state index in [2.05, 4.69) is 5.32 Å². The minimum Gasteiger partial charge on any atom is -0.489 e. The van der Waals surface area contributed by atoms with Gasteiger partial charge in [-0.1, -0.05) is 17.6 Å². The number of hydrogen-bond donors (Lipinski definition) is 2. The van der Waals surface area contributed by atoms with E-state index < -0.39 is 11.2 Å². The summed E-state index contributed by atoms with van der Waals surface area (Å²) < 4.78 is 11.7. The number of rotatable bonds is 6. The minimum absolute atomic E-state index is 0.279. The Morgan fingerprint density at radius 3 is 2.38 bits per heavy atom. The standard InChI is InChI=1S/C16H26BNO3/c1-15(2,19)16(3,4)21-17-12-5-7-13(8-6-12)20-14-9-10-18-11-14/h5-8,14,17-19H,9-11H2,1-4H3. The molecule has 116 valence electrons. The minimum atomic E-state index is -0.883. The van der Waals surface area contributed by atoms with Crippen LogP contribution in [0.3, 0.4) is 0 Å². The third kappa shape index (κ3) is 4.46. The van der Waals surface area contributed by atoms with E-state index in [1.165, 1.54) is 0 Å². The maximum absolute atomic E-state index is 10.1. The lowest BCUT2D eigenvalue weighted by atomic mass is 9.82. The summed E-state index contributed by atoms with van der Waals surface area (Å²) in [6, 6.07) is 7.98. The van der Waals surface area contributed by atoms with Crippen LogP contribution in [0.25, 0.3) is 0 Å². The molecule has 0 saturated carbocycles. The van der Waals surface area contributed by atoms with E-state index in [0.29, 0.717) is 7.48 Å². The molecule has 1 aromatic carbocycles. The van der Waals surface area contributed by atoms with Gasteiger partial charge < -0.3 is 19.8 Å². The van der Waals surface area contributed by atoms with E-state index in [-0.39, 0.29) is 6.10 Å². The smallest absolute Gasteiger partial charge is 0.309 e. The fourth-order valence-corrected chi connectivity index (χ4v) is 2.03. The Hall–Kier alpha value is -1.04. The summed E-state index contributed by atoms with van der Waals surface area (Å²) >= 11 is 0. The Balaban J connectivity index is 1.87. The number of nitrogens with one attached hydrogen (secondary N) is 1. The molecule has 2 N–H and O–H groups in total. The Kier molecular flexibility index (Phi) is 4.97. The zero-order chi connectivity index (χ0) is 15.5. The topological polar surface area (TPSA) is 50.7 Å². The van der Waals surface area contributed by atoms with Crippen LogP contribution in [0.5, 0.6) is 5.75 Å². The van der Waals surface area contributed by atoms with Crippen molar-refractivity contribution >= 4 is 12.9 Å². The third-order valence-corrected chi connectivity index (χ3v) is 4.31. The first-order valence-corrected chi connectivity index (χ1v) is 7.60. The molecule has 1 aliphatic rings. The van der Waals surface area contributed by atoms with Crippen LogP contribution in [0.4, 0.5) is 0 Å². The van der Waals surface area contributed by atoms with Gasteiger partial charge in [0.1, 0.15) is 11.9 Å². The maximum Gasteiger partial charge on any atom is 0.309 e. The monoisotopic (exact) mass is 291 g/mol. The molecule has 1 saturated heterocycles. The molecular weight excluding hydrogens is 265 g/mol. The van der Waals surface area contributed by atoms with Crippen molar-refractivity contribution in [1.82, 2.24) is 5.32 Å². The molecule has 0 spiro atoms. The summed E-state index contributed by atoms with van der Waals surface area (Å²) in [7, 11) is 0.474. The van der Waals surface area contributed by atoms with Gasteiger partial charge in [0.05, 0.1) is 11.2 Å². The third-order valence-electron chi connectivity index (χ3n) is 4.31. The van der Waals surface area contributed by atoms with E-state index in [9.17, 15) is 5.11 Å². The van der Waals surface area contributed by atoms with Crippen LogP contribution in [0, 0.1) is 0 Å². The second-order valence-corrected chi connectivity index (χ2v) is 6.73. The molecule has 2 rings (SSSR count). The fraction of sp³-hybridized carbons (Fsp3) is 0.625. The molecule has 4 nitrogen and oxygen atoms in total. The quantitative estimate of drug-likeness (QED) is 0.767. The predicted molar refractivity (Wildman–Crippen MR) is 86.6 cm³/mol. The van der Waals surface area contributed by atoms with Crippen molar-refractivity contribution in [3.05, 3.63) is 24.3 Å². The molecule has 0 amide bonds. The second kappa shape index (κ2) is 6.38. The Bertz CT molecular complexity index is 448. The Morgan fingerprint density at radius 2 is 1.86 bits per heavy atom. The van der Waals surface area contributed by atoms with Gasteiger partial charge in [0.15, 0.2) is 0 Å². The van der Waals surface area contributed by atoms with E-state index in [1.54, 1.807) is 13.8 Å². The number of hydrogen-bond acceptors (Lipinski definition) is 4. The molecule has 21 heavy (non-hydrogen) atoms. The van der Waals surface area contributed by atoms with Crippen LogP contribution in [0.1, 0.15) is 34.1 Å². The largest absolute Gasteiger partial charge is 0.489 e. The zero-order valence-corrected chi connectivity index (χ0v) is 13.5. The molecule has 1 aromatic rings. The lowest BCUT2D eigenvalue weighted by molar-refractivity contribution is -0.0893. The van der Waals surface area contributed by atoms with Crippen molar-refractivity contribution in [2.75, 3.05) is 13.1 Å². The van der Waals surface area contributed by atoms with Gasteiger partial charge >= 0.3 is 7.48 Å². The van der Waals surface area contributed by atoms with Crippen LogP contribution in [0.2, 0.25) is 0 Å². The summed E-state index contributed by atoms with van der Waals surface area (Å²) in [5.41, 5.74) is -0.410. The molecule has 0 bridgehead atoms. The molecule has 0 aliphatic carbocycles. The average Bonchev–Trinajstić information content (AvgIpc) is 2.89. The highest BCUT2D eigenvalue weighted by atomic mass is 16.5. The lowest BCUT2D eigenvalue weighted by Crippen LogP contribution is -2.49. The summed E-state index contributed by atoms with van der Waals surface area (Å²) in [6.45, 7) is 9.28. The summed E-state index contributed by atoms with van der Waals surface area (Å²) in [5.74, 6) is 0.897. The Labute approximate surface area is 128 Å². The van der Waals surface area contributed by atoms with Crippen molar-refractivity contribution in [2.45, 2.75) is 51.4 Å². The molecule has 1 fully saturated rings. The number of aliphatic hydroxyl groups is 1.